The fourth-order valence-corrected chi connectivity index (χ4v) is 4.60. The van der Waals surface area contributed by atoms with Crippen molar-refractivity contribution in [1.29, 1.82) is 0 Å². The van der Waals surface area contributed by atoms with E-state index in [-0.39, 0.29) is 39.2 Å². The number of aryl methyl sites for hydroxylation is 1. The molecule has 3 atom stereocenters. The number of nitrogens with one attached hydrogen (secondary N) is 1. The molecule has 0 spiro atoms. The predicted molar refractivity (Wildman–Crippen MR) is 107 cm³/mol. The minimum Gasteiger partial charge on any atom is -0.372 e. The molecule has 0 unspecified atom stereocenters. The zero-order chi connectivity index (χ0) is 20.2. The zero-order valence-corrected chi connectivity index (χ0v) is 16.1. The number of nitro groups is 2. The van der Waals surface area contributed by atoms with Gasteiger partial charge >= 0.3 is 0 Å². The van der Waals surface area contributed by atoms with Gasteiger partial charge in [-0.1, -0.05) is 29.8 Å². The van der Waals surface area contributed by atoms with Crippen LogP contribution in [0.2, 0.25) is 5.02 Å². The summed E-state index contributed by atoms with van der Waals surface area (Å²) in [4.78, 5) is 22.1. The summed E-state index contributed by atoms with van der Waals surface area (Å²) in [7, 11) is 0. The molecule has 0 radical (unpaired) electrons. The molecule has 2 aromatic rings. The first-order chi connectivity index (χ1) is 13.3. The summed E-state index contributed by atoms with van der Waals surface area (Å²) in [5, 5.41) is 26.4. The highest BCUT2D eigenvalue weighted by atomic mass is 35.5. The molecule has 144 valence electrons. The summed E-state index contributed by atoms with van der Waals surface area (Å²) >= 11 is 5.96. The van der Waals surface area contributed by atoms with Gasteiger partial charge < -0.3 is 5.32 Å². The molecule has 4 rings (SSSR count). The molecular weight excluding hydrogens is 382 g/mol. The second-order valence-corrected chi connectivity index (χ2v) is 7.73. The molecule has 1 heterocycles. The molecule has 0 aromatic heterocycles. The molecule has 2 aliphatic rings. The summed E-state index contributed by atoms with van der Waals surface area (Å²) in [5.74, 6) is 0.142. The fourth-order valence-electron chi connectivity index (χ4n) is 4.42. The molecule has 1 aliphatic carbocycles. The lowest BCUT2D eigenvalue weighted by Crippen LogP contribution is -2.30. The van der Waals surface area contributed by atoms with Crippen molar-refractivity contribution >= 4 is 28.7 Å². The van der Waals surface area contributed by atoms with E-state index in [2.05, 4.69) is 17.5 Å². The Kier molecular flexibility index (Phi) is 4.34. The van der Waals surface area contributed by atoms with Gasteiger partial charge in [-0.25, -0.2) is 0 Å². The third kappa shape index (κ3) is 2.74. The summed E-state index contributed by atoms with van der Waals surface area (Å²) in [5.41, 5.74) is 3.94. The van der Waals surface area contributed by atoms with Crippen LogP contribution in [0.3, 0.4) is 0 Å². The van der Waals surface area contributed by atoms with Crippen molar-refractivity contribution in [2.24, 2.45) is 5.92 Å². The number of fused-ring (bicyclic) bond motifs is 3. The summed E-state index contributed by atoms with van der Waals surface area (Å²) in [6.45, 7) is 3.86. The number of hydrogen-bond acceptors (Lipinski definition) is 5. The van der Waals surface area contributed by atoms with Crippen molar-refractivity contribution in [2.75, 3.05) is 5.32 Å². The van der Waals surface area contributed by atoms with Gasteiger partial charge in [-0.05, 0) is 54.5 Å². The van der Waals surface area contributed by atoms with Gasteiger partial charge in [0.25, 0.3) is 11.4 Å². The Morgan fingerprint density at radius 1 is 1.11 bits per heavy atom. The molecule has 7 nitrogen and oxygen atoms in total. The van der Waals surface area contributed by atoms with Crippen molar-refractivity contribution in [3.05, 3.63) is 83.9 Å². The maximum Gasteiger partial charge on any atom is 0.292 e. The molecule has 0 saturated carbocycles. The number of rotatable bonds is 3. The van der Waals surface area contributed by atoms with Crippen LogP contribution in [-0.4, -0.2) is 9.85 Å². The SMILES string of the molecule is Cc1cc([N+](=O)[O-])c2c(c1C)[C@@H]1C=CC[C@H]1[C@H](c1ccc(Cl)c([N+](=O)[O-])c1)N2. The monoisotopic (exact) mass is 399 g/mol. The molecule has 28 heavy (non-hydrogen) atoms. The van der Waals surface area contributed by atoms with Gasteiger partial charge in [0.05, 0.1) is 15.9 Å². The highest BCUT2D eigenvalue weighted by Gasteiger charge is 2.42. The molecular formula is C20H18ClN3O4. The quantitative estimate of drug-likeness (QED) is 0.411. The summed E-state index contributed by atoms with van der Waals surface area (Å²) in [6.07, 6.45) is 4.97. The van der Waals surface area contributed by atoms with E-state index in [1.165, 1.54) is 12.1 Å². The van der Waals surface area contributed by atoms with Gasteiger partial charge in [-0.2, -0.15) is 0 Å². The Morgan fingerprint density at radius 2 is 1.82 bits per heavy atom. The minimum absolute atomic E-state index is 0.0228. The van der Waals surface area contributed by atoms with Crippen LogP contribution in [0.5, 0.6) is 0 Å². The highest BCUT2D eigenvalue weighted by Crippen LogP contribution is 2.54. The van der Waals surface area contributed by atoms with Crippen LogP contribution in [-0.2, 0) is 0 Å². The number of allylic oxidation sites excluding steroid dienone is 2. The first-order valence-corrected chi connectivity index (χ1v) is 9.33. The smallest absolute Gasteiger partial charge is 0.292 e. The Balaban J connectivity index is 1.90. The molecule has 0 bridgehead atoms. The van der Waals surface area contributed by atoms with Crippen LogP contribution >= 0.6 is 11.6 Å². The number of nitro benzene ring substituents is 2. The normalized spacial score (nSPS) is 22.3. The van der Waals surface area contributed by atoms with Crippen LogP contribution < -0.4 is 5.32 Å². The summed E-state index contributed by atoms with van der Waals surface area (Å²) < 4.78 is 0. The molecule has 0 fully saturated rings. The fraction of sp³-hybridized carbons (Fsp3) is 0.300. The second-order valence-electron chi connectivity index (χ2n) is 7.33. The lowest BCUT2D eigenvalue weighted by molar-refractivity contribution is -0.384. The molecule has 0 saturated heterocycles. The van der Waals surface area contributed by atoms with E-state index in [4.69, 9.17) is 11.6 Å². The third-order valence-corrected chi connectivity index (χ3v) is 6.19. The van der Waals surface area contributed by atoms with Crippen LogP contribution in [0.4, 0.5) is 17.1 Å². The highest BCUT2D eigenvalue weighted by molar-refractivity contribution is 6.32. The van der Waals surface area contributed by atoms with E-state index in [1.54, 1.807) is 12.1 Å². The Bertz CT molecular complexity index is 1050. The maximum absolute atomic E-state index is 11.7. The molecule has 1 N–H and O–H groups in total. The Labute approximate surface area is 166 Å². The Hall–Kier alpha value is -2.93. The summed E-state index contributed by atoms with van der Waals surface area (Å²) in [6, 6.07) is 6.03. The number of benzene rings is 2. The van der Waals surface area contributed by atoms with Crippen molar-refractivity contribution in [3.63, 3.8) is 0 Å². The van der Waals surface area contributed by atoms with Crippen molar-refractivity contribution in [3.8, 4) is 0 Å². The van der Waals surface area contributed by atoms with Crippen LogP contribution in [0.1, 0.15) is 40.6 Å². The minimum atomic E-state index is -0.511. The van der Waals surface area contributed by atoms with Crippen LogP contribution in [0.25, 0.3) is 0 Å². The van der Waals surface area contributed by atoms with Crippen LogP contribution in [0.15, 0.2) is 36.4 Å². The van der Waals surface area contributed by atoms with Gasteiger partial charge in [0.1, 0.15) is 10.7 Å². The topological polar surface area (TPSA) is 98.3 Å². The van der Waals surface area contributed by atoms with Crippen molar-refractivity contribution in [1.82, 2.24) is 0 Å². The third-order valence-electron chi connectivity index (χ3n) is 5.87. The predicted octanol–water partition coefficient (Wildman–Crippen LogP) is 5.60. The van der Waals surface area contributed by atoms with E-state index in [0.29, 0.717) is 11.3 Å². The van der Waals surface area contributed by atoms with Gasteiger partial charge in [0, 0.05) is 18.1 Å². The number of nitrogens with zero attached hydrogens (tertiary/aromatic N) is 2. The van der Waals surface area contributed by atoms with E-state index in [9.17, 15) is 20.2 Å². The van der Waals surface area contributed by atoms with Crippen LogP contribution in [0, 0.1) is 40.0 Å². The number of halogens is 1. The van der Waals surface area contributed by atoms with Crippen molar-refractivity contribution in [2.45, 2.75) is 32.2 Å². The van der Waals surface area contributed by atoms with E-state index in [1.807, 2.05) is 13.8 Å². The maximum atomic E-state index is 11.7. The van der Waals surface area contributed by atoms with E-state index in [0.717, 1.165) is 23.1 Å². The van der Waals surface area contributed by atoms with Gasteiger partial charge in [-0.3, -0.25) is 20.2 Å². The second kappa shape index (κ2) is 6.60. The Morgan fingerprint density at radius 3 is 2.50 bits per heavy atom. The number of hydrogen-bond donors (Lipinski definition) is 1. The standard InChI is InChI=1S/C20H18ClN3O4/c1-10-8-17(24(27)28)20-18(11(10)2)13-4-3-5-14(13)19(22-20)12-6-7-15(21)16(9-12)23(25)26/h3-4,6-9,13-14,19,22H,5H2,1-2H3/t13-,14-,19+/m1/s1. The average molecular weight is 400 g/mol. The van der Waals surface area contributed by atoms with E-state index < -0.39 is 4.92 Å². The number of anilines is 1. The molecule has 1 aliphatic heterocycles. The first-order valence-electron chi connectivity index (χ1n) is 8.95. The molecule has 2 aromatic carbocycles. The van der Waals surface area contributed by atoms with Gasteiger partial charge in [0.15, 0.2) is 0 Å². The van der Waals surface area contributed by atoms with Gasteiger partial charge in [-0.15, -0.1) is 0 Å². The largest absolute Gasteiger partial charge is 0.372 e. The first kappa shape index (κ1) is 18.4. The lowest BCUT2D eigenvalue weighted by Gasteiger charge is -2.38. The molecule has 0 amide bonds. The molecule has 8 heteroatoms. The van der Waals surface area contributed by atoms with Crippen molar-refractivity contribution < 1.29 is 9.85 Å². The average Bonchev–Trinajstić information content (AvgIpc) is 3.13. The van der Waals surface area contributed by atoms with E-state index >= 15 is 0 Å². The lowest BCUT2D eigenvalue weighted by atomic mass is 9.74. The zero-order valence-electron chi connectivity index (χ0n) is 15.3. The van der Waals surface area contributed by atoms with Gasteiger partial charge in [0.2, 0.25) is 0 Å².